The molecular weight excluding hydrogens is 257 g/mol. The van der Waals surface area contributed by atoms with E-state index in [0.717, 1.165) is 24.1 Å². The fourth-order valence-corrected chi connectivity index (χ4v) is 2.46. The summed E-state index contributed by atoms with van der Waals surface area (Å²) in [7, 11) is 1.70. The van der Waals surface area contributed by atoms with Gasteiger partial charge in [-0.3, -0.25) is 0 Å². The number of rotatable bonds is 6. The zero-order valence-corrected chi connectivity index (χ0v) is 12.5. The smallest absolute Gasteiger partial charge is 0.134 e. The molecule has 2 aromatic rings. The SMILES string of the molecule is CCNC(c1cc2cc(F)ccc2o1)C(C)(CC)OC. The number of likely N-dealkylation sites (N-methyl/N-ethyl adjacent to an activating group) is 1. The van der Waals surface area contributed by atoms with Gasteiger partial charge in [0.15, 0.2) is 0 Å². The number of ether oxygens (including phenoxy) is 1. The summed E-state index contributed by atoms with van der Waals surface area (Å²) in [6, 6.07) is 6.37. The molecule has 3 nitrogen and oxygen atoms in total. The first-order valence-corrected chi connectivity index (χ1v) is 7.01. The molecular formula is C16H22FNO2. The van der Waals surface area contributed by atoms with Crippen molar-refractivity contribution in [2.75, 3.05) is 13.7 Å². The summed E-state index contributed by atoms with van der Waals surface area (Å²) in [5, 5.41) is 4.18. The Labute approximate surface area is 119 Å². The second-order valence-corrected chi connectivity index (χ2v) is 5.19. The molecule has 1 aromatic heterocycles. The summed E-state index contributed by atoms with van der Waals surface area (Å²) in [5.41, 5.74) is 0.321. The first-order chi connectivity index (χ1) is 9.54. The van der Waals surface area contributed by atoms with Crippen molar-refractivity contribution in [2.24, 2.45) is 0 Å². The molecule has 0 aliphatic heterocycles. The van der Waals surface area contributed by atoms with Gasteiger partial charge < -0.3 is 14.5 Å². The highest BCUT2D eigenvalue weighted by molar-refractivity contribution is 5.78. The topological polar surface area (TPSA) is 34.4 Å². The van der Waals surface area contributed by atoms with Crippen molar-refractivity contribution in [3.8, 4) is 0 Å². The van der Waals surface area contributed by atoms with Crippen LogP contribution in [0.2, 0.25) is 0 Å². The van der Waals surface area contributed by atoms with Crippen LogP contribution in [0.1, 0.15) is 39.0 Å². The largest absolute Gasteiger partial charge is 0.459 e. The van der Waals surface area contributed by atoms with Crippen molar-refractivity contribution in [1.29, 1.82) is 0 Å². The standard InChI is InChI=1S/C16H22FNO2/c1-5-16(3,19-4)15(18-6-2)14-10-11-9-12(17)7-8-13(11)20-14/h7-10,15,18H,5-6H2,1-4H3. The van der Waals surface area contributed by atoms with Gasteiger partial charge in [0.25, 0.3) is 0 Å². The Balaban J connectivity index is 2.46. The number of benzene rings is 1. The lowest BCUT2D eigenvalue weighted by molar-refractivity contribution is -0.0346. The van der Waals surface area contributed by atoms with Crippen LogP contribution in [0, 0.1) is 5.82 Å². The zero-order valence-electron chi connectivity index (χ0n) is 12.5. The Morgan fingerprint density at radius 1 is 1.35 bits per heavy atom. The van der Waals surface area contributed by atoms with Crippen LogP contribution >= 0.6 is 0 Å². The Kier molecular flexibility index (Phi) is 4.45. The van der Waals surface area contributed by atoms with Gasteiger partial charge in [-0.15, -0.1) is 0 Å². The third-order valence-corrected chi connectivity index (χ3v) is 3.97. The van der Waals surface area contributed by atoms with Crippen molar-refractivity contribution in [3.05, 3.63) is 35.8 Å². The van der Waals surface area contributed by atoms with Gasteiger partial charge in [-0.25, -0.2) is 4.39 Å². The molecule has 0 saturated carbocycles. The van der Waals surface area contributed by atoms with Gasteiger partial charge in [0, 0.05) is 12.5 Å². The molecule has 4 heteroatoms. The molecule has 1 heterocycles. The number of methoxy groups -OCH3 is 1. The highest BCUT2D eigenvalue weighted by Crippen LogP contribution is 2.34. The van der Waals surface area contributed by atoms with E-state index < -0.39 is 0 Å². The second kappa shape index (κ2) is 5.94. The maximum atomic E-state index is 13.3. The average molecular weight is 279 g/mol. The normalized spacial score (nSPS) is 16.2. The lowest BCUT2D eigenvalue weighted by Crippen LogP contribution is -2.42. The van der Waals surface area contributed by atoms with Crippen LogP contribution in [0.3, 0.4) is 0 Å². The Bertz CT molecular complexity index is 575. The Morgan fingerprint density at radius 3 is 2.70 bits per heavy atom. The lowest BCUT2D eigenvalue weighted by atomic mass is 9.91. The molecule has 1 N–H and O–H groups in total. The number of hydrogen-bond acceptors (Lipinski definition) is 3. The predicted octanol–water partition coefficient (Wildman–Crippen LogP) is 4.04. The molecule has 0 aliphatic rings. The third kappa shape index (κ3) is 2.72. The molecule has 2 unspecified atom stereocenters. The molecule has 0 radical (unpaired) electrons. The summed E-state index contributed by atoms with van der Waals surface area (Å²) in [4.78, 5) is 0. The fourth-order valence-electron chi connectivity index (χ4n) is 2.46. The molecule has 0 amide bonds. The van der Waals surface area contributed by atoms with Crippen LogP contribution in [-0.2, 0) is 4.74 Å². The minimum absolute atomic E-state index is 0.0713. The first kappa shape index (κ1) is 15.0. The third-order valence-electron chi connectivity index (χ3n) is 3.97. The van der Waals surface area contributed by atoms with E-state index in [9.17, 15) is 4.39 Å². The van der Waals surface area contributed by atoms with Gasteiger partial charge in [0.2, 0.25) is 0 Å². The number of halogens is 1. The zero-order chi connectivity index (χ0) is 14.8. The van der Waals surface area contributed by atoms with Crippen LogP contribution < -0.4 is 5.32 Å². The molecule has 1 aromatic carbocycles. The van der Waals surface area contributed by atoms with E-state index in [1.807, 2.05) is 19.9 Å². The van der Waals surface area contributed by atoms with Crippen molar-refractivity contribution >= 4 is 11.0 Å². The maximum absolute atomic E-state index is 13.3. The van der Waals surface area contributed by atoms with Crippen LogP contribution in [0.4, 0.5) is 4.39 Å². The average Bonchev–Trinajstić information content (AvgIpc) is 2.86. The van der Waals surface area contributed by atoms with E-state index in [0.29, 0.717) is 5.58 Å². The number of fused-ring (bicyclic) bond motifs is 1. The van der Waals surface area contributed by atoms with Crippen LogP contribution in [0.5, 0.6) is 0 Å². The van der Waals surface area contributed by atoms with Gasteiger partial charge in [-0.2, -0.15) is 0 Å². The molecule has 0 saturated heterocycles. The van der Waals surface area contributed by atoms with Gasteiger partial charge in [-0.1, -0.05) is 13.8 Å². The fraction of sp³-hybridized carbons (Fsp3) is 0.500. The van der Waals surface area contributed by atoms with E-state index in [-0.39, 0.29) is 17.5 Å². The summed E-state index contributed by atoms with van der Waals surface area (Å²) in [5.74, 6) is 0.522. The quantitative estimate of drug-likeness (QED) is 0.866. The second-order valence-electron chi connectivity index (χ2n) is 5.19. The molecule has 0 fully saturated rings. The van der Waals surface area contributed by atoms with E-state index >= 15 is 0 Å². The summed E-state index contributed by atoms with van der Waals surface area (Å²) in [6.45, 7) is 6.97. The van der Waals surface area contributed by atoms with Crippen LogP contribution in [0.25, 0.3) is 11.0 Å². The van der Waals surface area contributed by atoms with Gasteiger partial charge in [-0.05, 0) is 44.2 Å². The monoisotopic (exact) mass is 279 g/mol. The number of nitrogens with one attached hydrogen (secondary N) is 1. The van der Waals surface area contributed by atoms with E-state index in [1.54, 1.807) is 13.2 Å². The molecule has 110 valence electrons. The summed E-state index contributed by atoms with van der Waals surface area (Å²) < 4.78 is 24.8. The summed E-state index contributed by atoms with van der Waals surface area (Å²) in [6.07, 6.45) is 0.840. The van der Waals surface area contributed by atoms with Crippen molar-refractivity contribution in [3.63, 3.8) is 0 Å². The van der Waals surface area contributed by atoms with Crippen molar-refractivity contribution < 1.29 is 13.5 Å². The molecule has 0 bridgehead atoms. The van der Waals surface area contributed by atoms with Crippen molar-refractivity contribution in [2.45, 2.75) is 38.8 Å². The predicted molar refractivity (Wildman–Crippen MR) is 78.3 cm³/mol. The van der Waals surface area contributed by atoms with E-state index in [4.69, 9.17) is 9.15 Å². The molecule has 0 aliphatic carbocycles. The minimum Gasteiger partial charge on any atom is -0.459 e. The molecule has 0 spiro atoms. The highest BCUT2D eigenvalue weighted by Gasteiger charge is 2.35. The van der Waals surface area contributed by atoms with Crippen LogP contribution in [-0.4, -0.2) is 19.3 Å². The van der Waals surface area contributed by atoms with Gasteiger partial charge in [0.1, 0.15) is 17.2 Å². The number of hydrogen-bond donors (Lipinski definition) is 1. The lowest BCUT2D eigenvalue weighted by Gasteiger charge is -2.35. The van der Waals surface area contributed by atoms with Crippen LogP contribution in [0.15, 0.2) is 28.7 Å². The molecule has 20 heavy (non-hydrogen) atoms. The van der Waals surface area contributed by atoms with E-state index in [1.165, 1.54) is 12.1 Å². The first-order valence-electron chi connectivity index (χ1n) is 7.01. The minimum atomic E-state index is -0.373. The number of furan rings is 1. The van der Waals surface area contributed by atoms with E-state index in [2.05, 4.69) is 12.2 Å². The summed E-state index contributed by atoms with van der Waals surface area (Å²) >= 11 is 0. The van der Waals surface area contributed by atoms with Crippen molar-refractivity contribution in [1.82, 2.24) is 5.32 Å². The van der Waals surface area contributed by atoms with Gasteiger partial charge in [0.05, 0.1) is 11.6 Å². The Morgan fingerprint density at radius 2 is 2.10 bits per heavy atom. The Hall–Kier alpha value is -1.39. The molecule has 2 rings (SSSR count). The molecule has 2 atom stereocenters. The highest BCUT2D eigenvalue weighted by atomic mass is 19.1. The maximum Gasteiger partial charge on any atom is 0.134 e. The van der Waals surface area contributed by atoms with Gasteiger partial charge >= 0.3 is 0 Å².